The molecule has 1 saturated carbocycles. The van der Waals surface area contributed by atoms with Crippen molar-refractivity contribution in [3.63, 3.8) is 0 Å². The molecule has 1 aliphatic heterocycles. The molecule has 1 heterocycles. The lowest BCUT2D eigenvalue weighted by Crippen LogP contribution is -2.47. The van der Waals surface area contributed by atoms with Crippen LogP contribution in [0, 0.1) is 11.8 Å². The van der Waals surface area contributed by atoms with Crippen molar-refractivity contribution in [2.45, 2.75) is 90.4 Å². The highest BCUT2D eigenvalue weighted by molar-refractivity contribution is 5.98. The van der Waals surface area contributed by atoms with Crippen LogP contribution in [-0.2, 0) is 4.74 Å². The van der Waals surface area contributed by atoms with Gasteiger partial charge in [0.2, 0.25) is 0 Å². The summed E-state index contributed by atoms with van der Waals surface area (Å²) < 4.78 is 12.8. The van der Waals surface area contributed by atoms with E-state index in [1.54, 1.807) is 0 Å². The predicted octanol–water partition coefficient (Wildman–Crippen LogP) is 5.06. The second-order valence-electron chi connectivity index (χ2n) is 12.1. The van der Waals surface area contributed by atoms with Gasteiger partial charge in [-0.2, -0.15) is 0 Å². The first-order valence-corrected chi connectivity index (χ1v) is 14.9. The number of hydrogen-bond acceptors (Lipinski definition) is 6. The highest BCUT2D eigenvalue weighted by Gasteiger charge is 2.30. The standard InChI is InChI=1S/C31H53N3O4/c1-23-19-34(24(2)22-35)31(36)28-18-27(32(4)5)15-16-29(28)38-25(3)12-10-11-17-37-30(23)21-33(6)20-26-13-8-7-9-14-26/h15-16,18,23-26,30,35H,7-14,17,19-22H2,1-6H3/t23-,24+,25-,30+/m1/s1. The SMILES string of the molecule is C[C@@H]1CCCCO[C@@H](CN(C)CC2CCCCC2)[C@H](C)CN([C@@H](C)CO)C(=O)c2cc(N(C)C)ccc2O1. The quantitative estimate of drug-likeness (QED) is 0.531. The van der Waals surface area contributed by atoms with Crippen LogP contribution in [0.5, 0.6) is 5.75 Å². The predicted molar refractivity (Wildman–Crippen MR) is 155 cm³/mol. The second kappa shape index (κ2) is 15.1. The maximum atomic E-state index is 14.1. The molecule has 1 N–H and O–H groups in total. The summed E-state index contributed by atoms with van der Waals surface area (Å²) in [7, 11) is 6.16. The molecule has 7 heteroatoms. The Morgan fingerprint density at radius 3 is 2.42 bits per heavy atom. The van der Waals surface area contributed by atoms with Gasteiger partial charge in [0.1, 0.15) is 5.75 Å². The van der Waals surface area contributed by atoms with E-state index in [-0.39, 0.29) is 36.7 Å². The Kier molecular flexibility index (Phi) is 12.2. The summed E-state index contributed by atoms with van der Waals surface area (Å²) in [6.07, 6.45) is 9.67. The van der Waals surface area contributed by atoms with Gasteiger partial charge in [0.25, 0.3) is 5.91 Å². The number of carbonyl (C=O) groups excluding carboxylic acids is 1. The summed E-state index contributed by atoms with van der Waals surface area (Å²) in [5.41, 5.74) is 1.50. The van der Waals surface area contributed by atoms with Gasteiger partial charge in [-0.25, -0.2) is 0 Å². The van der Waals surface area contributed by atoms with Crippen LogP contribution in [-0.4, -0.2) is 93.1 Å². The van der Waals surface area contributed by atoms with Crippen molar-refractivity contribution in [1.29, 1.82) is 0 Å². The zero-order chi connectivity index (χ0) is 27.7. The van der Waals surface area contributed by atoms with Crippen LogP contribution in [0.1, 0.15) is 82.5 Å². The van der Waals surface area contributed by atoms with Gasteiger partial charge in [0.05, 0.1) is 30.4 Å². The largest absolute Gasteiger partial charge is 0.490 e. The molecule has 1 aliphatic carbocycles. The number of anilines is 1. The Hall–Kier alpha value is -1.83. The van der Waals surface area contributed by atoms with E-state index in [1.807, 2.05) is 49.0 Å². The van der Waals surface area contributed by atoms with Crippen LogP contribution < -0.4 is 9.64 Å². The normalized spacial score (nSPS) is 25.4. The van der Waals surface area contributed by atoms with Gasteiger partial charge < -0.3 is 29.3 Å². The molecule has 0 bridgehead atoms. The second-order valence-corrected chi connectivity index (χ2v) is 12.1. The van der Waals surface area contributed by atoms with E-state index in [1.165, 1.54) is 32.1 Å². The molecule has 216 valence electrons. The first-order valence-electron chi connectivity index (χ1n) is 14.9. The molecule has 0 unspecified atom stereocenters. The maximum Gasteiger partial charge on any atom is 0.258 e. The molecule has 1 fully saturated rings. The van der Waals surface area contributed by atoms with E-state index in [2.05, 4.69) is 25.8 Å². The molecule has 0 aromatic heterocycles. The van der Waals surface area contributed by atoms with Crippen LogP contribution in [0.3, 0.4) is 0 Å². The summed E-state index contributed by atoms with van der Waals surface area (Å²) in [4.78, 5) is 20.3. The Morgan fingerprint density at radius 2 is 1.74 bits per heavy atom. The Morgan fingerprint density at radius 1 is 1.03 bits per heavy atom. The molecule has 0 saturated heterocycles. The number of rotatable bonds is 7. The van der Waals surface area contributed by atoms with Crippen LogP contribution in [0.4, 0.5) is 5.69 Å². The molecule has 1 aromatic carbocycles. The zero-order valence-corrected chi connectivity index (χ0v) is 24.8. The van der Waals surface area contributed by atoms with Crippen molar-refractivity contribution in [2.24, 2.45) is 11.8 Å². The number of benzene rings is 1. The van der Waals surface area contributed by atoms with Crippen molar-refractivity contribution in [3.05, 3.63) is 23.8 Å². The lowest BCUT2D eigenvalue weighted by molar-refractivity contribution is -0.0190. The first-order chi connectivity index (χ1) is 18.2. The van der Waals surface area contributed by atoms with E-state index >= 15 is 0 Å². The fourth-order valence-electron chi connectivity index (χ4n) is 5.84. The highest BCUT2D eigenvalue weighted by atomic mass is 16.5. The van der Waals surface area contributed by atoms with Gasteiger partial charge in [0, 0.05) is 51.9 Å². The van der Waals surface area contributed by atoms with E-state index in [4.69, 9.17) is 9.47 Å². The van der Waals surface area contributed by atoms with Crippen LogP contribution in [0.15, 0.2) is 18.2 Å². The average molecular weight is 532 g/mol. The topological polar surface area (TPSA) is 65.5 Å². The minimum Gasteiger partial charge on any atom is -0.490 e. The number of nitrogens with zero attached hydrogens (tertiary/aromatic N) is 3. The van der Waals surface area contributed by atoms with Gasteiger partial charge in [0.15, 0.2) is 0 Å². The number of hydrogen-bond donors (Lipinski definition) is 1. The molecule has 38 heavy (non-hydrogen) atoms. The fraction of sp³-hybridized carbons (Fsp3) is 0.774. The Bertz CT molecular complexity index is 858. The Labute approximate surface area is 231 Å². The van der Waals surface area contributed by atoms with Crippen molar-refractivity contribution in [2.75, 3.05) is 58.9 Å². The summed E-state index contributed by atoms with van der Waals surface area (Å²) in [5.74, 6) is 1.41. The third kappa shape index (κ3) is 8.85. The van der Waals surface area contributed by atoms with E-state index in [0.717, 1.165) is 44.0 Å². The summed E-state index contributed by atoms with van der Waals surface area (Å²) in [6, 6.07) is 5.52. The molecule has 0 spiro atoms. The van der Waals surface area contributed by atoms with Crippen molar-refractivity contribution in [3.8, 4) is 5.75 Å². The van der Waals surface area contributed by atoms with Crippen LogP contribution >= 0.6 is 0 Å². The Balaban J connectivity index is 1.86. The van der Waals surface area contributed by atoms with Gasteiger partial charge >= 0.3 is 0 Å². The molecule has 7 nitrogen and oxygen atoms in total. The number of amides is 1. The molecule has 3 rings (SSSR count). The lowest BCUT2D eigenvalue weighted by atomic mass is 9.89. The highest BCUT2D eigenvalue weighted by Crippen LogP contribution is 2.29. The average Bonchev–Trinajstić information content (AvgIpc) is 2.90. The maximum absolute atomic E-state index is 14.1. The smallest absolute Gasteiger partial charge is 0.258 e. The number of carbonyl (C=O) groups is 1. The van der Waals surface area contributed by atoms with Crippen molar-refractivity contribution >= 4 is 11.6 Å². The van der Waals surface area contributed by atoms with E-state index < -0.39 is 0 Å². The monoisotopic (exact) mass is 531 g/mol. The fourth-order valence-corrected chi connectivity index (χ4v) is 5.84. The van der Waals surface area contributed by atoms with Gasteiger partial charge in [-0.15, -0.1) is 0 Å². The number of likely N-dealkylation sites (N-methyl/N-ethyl adjacent to an activating group) is 1. The van der Waals surface area contributed by atoms with Gasteiger partial charge in [-0.05, 0) is 77.1 Å². The number of ether oxygens (including phenoxy) is 2. The van der Waals surface area contributed by atoms with Gasteiger partial charge in [-0.1, -0.05) is 26.2 Å². The number of aliphatic hydroxyl groups is 1. The van der Waals surface area contributed by atoms with Crippen molar-refractivity contribution in [1.82, 2.24) is 9.80 Å². The third-order valence-electron chi connectivity index (χ3n) is 8.34. The summed E-state index contributed by atoms with van der Waals surface area (Å²) in [6.45, 7) is 9.27. The van der Waals surface area contributed by atoms with E-state index in [0.29, 0.717) is 24.5 Å². The minimum atomic E-state index is -0.313. The molecule has 1 aromatic rings. The molecule has 0 radical (unpaired) electrons. The zero-order valence-electron chi connectivity index (χ0n) is 24.8. The third-order valence-corrected chi connectivity index (χ3v) is 8.34. The number of fused-ring (bicyclic) bond motifs is 1. The molecule has 1 amide bonds. The van der Waals surface area contributed by atoms with E-state index in [9.17, 15) is 9.90 Å². The summed E-state index contributed by atoms with van der Waals surface area (Å²) >= 11 is 0. The molecule has 4 atom stereocenters. The van der Waals surface area contributed by atoms with Gasteiger partial charge in [-0.3, -0.25) is 4.79 Å². The lowest BCUT2D eigenvalue weighted by Gasteiger charge is -2.36. The van der Waals surface area contributed by atoms with Crippen LogP contribution in [0.2, 0.25) is 0 Å². The van der Waals surface area contributed by atoms with Crippen LogP contribution in [0.25, 0.3) is 0 Å². The summed E-state index contributed by atoms with van der Waals surface area (Å²) in [5, 5.41) is 10.1. The molecular formula is C31H53N3O4. The molecular weight excluding hydrogens is 478 g/mol. The first kappa shape index (κ1) is 30.7. The molecule has 2 aliphatic rings. The minimum absolute atomic E-state index is 0.00485. The number of aliphatic hydroxyl groups excluding tert-OH is 1. The van der Waals surface area contributed by atoms with Crippen molar-refractivity contribution < 1.29 is 19.4 Å².